The minimum atomic E-state index is -0.471. The number of hydrogen-bond acceptors (Lipinski definition) is 7. The fourth-order valence-corrected chi connectivity index (χ4v) is 4.41. The number of thiazole rings is 1. The van der Waals surface area contributed by atoms with Crippen LogP contribution in [0.5, 0.6) is 5.75 Å². The highest BCUT2D eigenvalue weighted by molar-refractivity contribution is 7.13. The Labute approximate surface area is 210 Å². The predicted molar refractivity (Wildman–Crippen MR) is 139 cm³/mol. The van der Waals surface area contributed by atoms with Crippen molar-refractivity contribution >= 4 is 22.9 Å². The zero-order valence-electron chi connectivity index (χ0n) is 19.3. The Bertz CT molecular complexity index is 1560. The minimum Gasteiger partial charge on any atom is -0.497 e. The number of carbonyl (C=O) groups is 1. The molecule has 0 radical (unpaired) electrons. The van der Waals surface area contributed by atoms with E-state index in [0.29, 0.717) is 17.9 Å². The third-order valence-electron chi connectivity index (χ3n) is 5.36. The number of methoxy groups -OCH3 is 1. The van der Waals surface area contributed by atoms with E-state index in [9.17, 15) is 9.59 Å². The zero-order valence-corrected chi connectivity index (χ0v) is 20.1. The van der Waals surface area contributed by atoms with Gasteiger partial charge in [-0.2, -0.15) is 0 Å². The predicted octanol–water partition coefficient (Wildman–Crippen LogP) is 4.81. The van der Waals surface area contributed by atoms with E-state index in [1.54, 1.807) is 19.4 Å². The number of H-pyrrole nitrogens is 1. The third-order valence-corrected chi connectivity index (χ3v) is 6.22. The summed E-state index contributed by atoms with van der Waals surface area (Å²) < 4.78 is 5.17. The van der Waals surface area contributed by atoms with Crippen molar-refractivity contribution in [3.05, 3.63) is 112 Å². The van der Waals surface area contributed by atoms with Gasteiger partial charge in [-0.15, -0.1) is 11.3 Å². The summed E-state index contributed by atoms with van der Waals surface area (Å²) >= 11 is 1.50. The van der Waals surface area contributed by atoms with Gasteiger partial charge in [0.2, 0.25) is 0 Å². The van der Waals surface area contributed by atoms with Crippen LogP contribution < -0.4 is 15.6 Å². The number of pyridine rings is 1. The third kappa shape index (κ3) is 5.37. The standard InChI is InChI=1S/C27H21N5O3S/c1-35-20-10-8-17(9-11-20)13-24-30-22(15-25(33)32-24)26(34)29-19-6-4-5-18(14-19)23-16-36-27(31-23)21-7-2-3-12-28-21/h2-12,14-16H,13H2,1H3,(H,29,34)(H,30,32,33). The lowest BCUT2D eigenvalue weighted by Gasteiger charge is -2.08. The number of rotatable bonds is 7. The molecule has 178 valence electrons. The van der Waals surface area contributed by atoms with E-state index in [4.69, 9.17) is 4.74 Å². The summed E-state index contributed by atoms with van der Waals surface area (Å²) in [7, 11) is 1.60. The van der Waals surface area contributed by atoms with Crippen LogP contribution >= 0.6 is 11.3 Å². The average Bonchev–Trinajstić information content (AvgIpc) is 3.40. The lowest BCUT2D eigenvalue weighted by molar-refractivity contribution is 0.102. The molecule has 0 atom stereocenters. The van der Waals surface area contributed by atoms with E-state index < -0.39 is 11.5 Å². The Morgan fingerprint density at radius 3 is 2.64 bits per heavy atom. The molecule has 9 heteroatoms. The van der Waals surface area contributed by atoms with Gasteiger partial charge >= 0.3 is 0 Å². The summed E-state index contributed by atoms with van der Waals surface area (Å²) in [6.45, 7) is 0. The number of aromatic amines is 1. The van der Waals surface area contributed by atoms with E-state index in [2.05, 4.69) is 25.3 Å². The Balaban J connectivity index is 1.33. The maximum atomic E-state index is 12.9. The molecule has 8 nitrogen and oxygen atoms in total. The summed E-state index contributed by atoms with van der Waals surface area (Å²) in [6.07, 6.45) is 2.11. The van der Waals surface area contributed by atoms with E-state index in [-0.39, 0.29) is 5.69 Å². The summed E-state index contributed by atoms with van der Waals surface area (Å²) in [5.41, 5.74) is 3.60. The second kappa shape index (κ2) is 10.3. The maximum Gasteiger partial charge on any atom is 0.274 e. The number of carbonyl (C=O) groups excluding carboxylic acids is 1. The largest absolute Gasteiger partial charge is 0.497 e. The molecule has 5 aromatic rings. The summed E-state index contributed by atoms with van der Waals surface area (Å²) in [5.74, 6) is 0.666. The van der Waals surface area contributed by atoms with Gasteiger partial charge in [-0.25, -0.2) is 9.97 Å². The second-order valence-corrected chi connectivity index (χ2v) is 8.75. The molecule has 0 unspecified atom stereocenters. The van der Waals surface area contributed by atoms with E-state index in [1.165, 1.54) is 17.4 Å². The highest BCUT2D eigenvalue weighted by atomic mass is 32.1. The number of anilines is 1. The molecule has 0 saturated heterocycles. The number of hydrogen-bond donors (Lipinski definition) is 2. The van der Waals surface area contributed by atoms with E-state index in [0.717, 1.165) is 33.3 Å². The first kappa shape index (κ1) is 23.1. The molecule has 2 N–H and O–H groups in total. The number of nitrogens with zero attached hydrogens (tertiary/aromatic N) is 3. The smallest absolute Gasteiger partial charge is 0.274 e. The summed E-state index contributed by atoms with van der Waals surface area (Å²) in [5, 5.41) is 5.60. The molecule has 0 aliphatic rings. The molecule has 5 rings (SSSR count). The fraction of sp³-hybridized carbons (Fsp3) is 0.0741. The minimum absolute atomic E-state index is 0.0405. The Kier molecular flexibility index (Phi) is 6.63. The van der Waals surface area contributed by atoms with Crippen LogP contribution in [0.1, 0.15) is 21.9 Å². The van der Waals surface area contributed by atoms with Gasteiger partial charge in [0.1, 0.15) is 22.3 Å². The van der Waals surface area contributed by atoms with Crippen LogP contribution in [0.2, 0.25) is 0 Å². The van der Waals surface area contributed by atoms with Crippen LogP contribution in [0.25, 0.3) is 22.0 Å². The van der Waals surface area contributed by atoms with Crippen LogP contribution in [-0.4, -0.2) is 33.0 Å². The molecule has 3 aromatic heterocycles. The van der Waals surface area contributed by atoms with Crippen molar-refractivity contribution < 1.29 is 9.53 Å². The molecule has 0 aliphatic heterocycles. The van der Waals surface area contributed by atoms with Gasteiger partial charge in [-0.05, 0) is 42.0 Å². The Morgan fingerprint density at radius 2 is 1.86 bits per heavy atom. The SMILES string of the molecule is COc1ccc(Cc2nc(C(=O)Nc3cccc(-c4csc(-c5ccccn5)n4)c3)cc(=O)[nH]2)cc1. The number of ether oxygens (including phenoxy) is 1. The van der Waals surface area contributed by atoms with Crippen LogP contribution in [0, 0.1) is 0 Å². The first-order valence-corrected chi connectivity index (χ1v) is 12.0. The Hall–Kier alpha value is -4.63. The van der Waals surface area contributed by atoms with Crippen molar-refractivity contribution in [2.45, 2.75) is 6.42 Å². The fourth-order valence-electron chi connectivity index (χ4n) is 3.61. The highest BCUT2D eigenvalue weighted by Gasteiger charge is 2.13. The van der Waals surface area contributed by atoms with E-state index >= 15 is 0 Å². The van der Waals surface area contributed by atoms with Gasteiger partial charge < -0.3 is 15.0 Å². The van der Waals surface area contributed by atoms with Crippen molar-refractivity contribution in [3.8, 4) is 27.7 Å². The van der Waals surface area contributed by atoms with Crippen molar-refractivity contribution in [1.29, 1.82) is 0 Å². The normalized spacial score (nSPS) is 10.7. The maximum absolute atomic E-state index is 12.9. The first-order valence-electron chi connectivity index (χ1n) is 11.1. The molecular weight excluding hydrogens is 474 g/mol. The summed E-state index contributed by atoms with van der Waals surface area (Å²) in [4.78, 5) is 41.2. The number of benzene rings is 2. The molecular formula is C27H21N5O3S. The topological polar surface area (TPSA) is 110 Å². The molecule has 36 heavy (non-hydrogen) atoms. The zero-order chi connectivity index (χ0) is 24.9. The van der Waals surface area contributed by atoms with Crippen LogP contribution in [0.4, 0.5) is 5.69 Å². The van der Waals surface area contributed by atoms with Gasteiger partial charge in [-0.1, -0.05) is 30.3 Å². The van der Waals surface area contributed by atoms with Crippen LogP contribution in [-0.2, 0) is 6.42 Å². The molecule has 3 heterocycles. The van der Waals surface area contributed by atoms with Crippen molar-refractivity contribution in [2.75, 3.05) is 12.4 Å². The first-order chi connectivity index (χ1) is 17.6. The van der Waals surface area contributed by atoms with Crippen molar-refractivity contribution in [1.82, 2.24) is 19.9 Å². The van der Waals surface area contributed by atoms with Crippen LogP contribution in [0.15, 0.2) is 89.2 Å². The molecule has 0 bridgehead atoms. The molecule has 2 aromatic carbocycles. The van der Waals surface area contributed by atoms with Crippen molar-refractivity contribution in [3.63, 3.8) is 0 Å². The number of aromatic nitrogens is 4. The Morgan fingerprint density at radius 1 is 1.00 bits per heavy atom. The van der Waals surface area contributed by atoms with E-state index in [1.807, 2.05) is 66.0 Å². The monoisotopic (exact) mass is 495 g/mol. The van der Waals surface area contributed by atoms with Gasteiger partial charge in [0.15, 0.2) is 0 Å². The van der Waals surface area contributed by atoms with Crippen LogP contribution in [0.3, 0.4) is 0 Å². The van der Waals surface area contributed by atoms with Crippen molar-refractivity contribution in [2.24, 2.45) is 0 Å². The molecule has 0 spiro atoms. The van der Waals surface area contributed by atoms with Gasteiger partial charge in [0.05, 0.1) is 18.5 Å². The molecule has 0 aliphatic carbocycles. The number of amides is 1. The second-order valence-electron chi connectivity index (χ2n) is 7.89. The molecule has 0 fully saturated rings. The summed E-state index contributed by atoms with van der Waals surface area (Å²) in [6, 6.07) is 21.7. The van der Waals surface area contributed by atoms with Gasteiger partial charge in [0.25, 0.3) is 11.5 Å². The lowest BCUT2D eigenvalue weighted by atomic mass is 10.1. The average molecular weight is 496 g/mol. The lowest BCUT2D eigenvalue weighted by Crippen LogP contribution is -2.20. The highest BCUT2D eigenvalue weighted by Crippen LogP contribution is 2.29. The molecule has 1 amide bonds. The van der Waals surface area contributed by atoms with Gasteiger partial charge in [0, 0.05) is 35.3 Å². The molecule has 0 saturated carbocycles. The van der Waals surface area contributed by atoms with Gasteiger partial charge in [-0.3, -0.25) is 14.6 Å². The number of nitrogens with one attached hydrogen (secondary N) is 2. The quantitative estimate of drug-likeness (QED) is 0.335.